The van der Waals surface area contributed by atoms with Crippen LogP contribution in [0.5, 0.6) is 5.75 Å². The van der Waals surface area contributed by atoms with Gasteiger partial charge in [-0.25, -0.2) is 0 Å². The van der Waals surface area contributed by atoms with Crippen molar-refractivity contribution in [2.24, 2.45) is 10.8 Å². The Morgan fingerprint density at radius 1 is 0.930 bits per heavy atom. The molecule has 1 aliphatic heterocycles. The van der Waals surface area contributed by atoms with Gasteiger partial charge in [0.05, 0.1) is 9.40 Å². The van der Waals surface area contributed by atoms with Gasteiger partial charge in [0.2, 0.25) is 0 Å². The van der Waals surface area contributed by atoms with Crippen LogP contribution in [0.1, 0.15) is 76.8 Å². The van der Waals surface area contributed by atoms with E-state index >= 15 is 0 Å². The van der Waals surface area contributed by atoms with Crippen LogP contribution in [0.15, 0.2) is 69.5 Å². The number of nitro groups is 1. The van der Waals surface area contributed by atoms with Gasteiger partial charge in [0.25, 0.3) is 5.69 Å². The quantitative estimate of drug-likeness (QED) is 0.156. The molecule has 228 valence electrons. The van der Waals surface area contributed by atoms with Crippen molar-refractivity contribution in [3.63, 3.8) is 0 Å². The van der Waals surface area contributed by atoms with Gasteiger partial charge in [-0.2, -0.15) is 0 Å². The van der Waals surface area contributed by atoms with Gasteiger partial charge in [-0.3, -0.25) is 19.7 Å². The van der Waals surface area contributed by atoms with E-state index in [1.807, 2.05) is 18.2 Å². The van der Waals surface area contributed by atoms with Crippen LogP contribution in [0.2, 0.25) is 0 Å². The summed E-state index contributed by atoms with van der Waals surface area (Å²) >= 11 is 3.67. The number of ketones is 2. The van der Waals surface area contributed by atoms with E-state index in [4.69, 9.17) is 9.47 Å². The Hall–Kier alpha value is -3.30. The second-order valence-corrected chi connectivity index (χ2v) is 14.3. The lowest BCUT2D eigenvalue weighted by atomic mass is 9.63. The highest BCUT2D eigenvalue weighted by molar-refractivity contribution is 9.10. The van der Waals surface area contributed by atoms with Crippen molar-refractivity contribution < 1.29 is 24.0 Å². The number of benzene rings is 2. The zero-order valence-electron chi connectivity index (χ0n) is 25.5. The number of rotatable bonds is 9. The normalized spacial score (nSPS) is 19.8. The fourth-order valence-corrected chi connectivity index (χ4v) is 7.22. The molecule has 0 radical (unpaired) electrons. The molecule has 0 unspecified atom stereocenters. The van der Waals surface area contributed by atoms with Crippen molar-refractivity contribution in [1.82, 2.24) is 4.90 Å². The van der Waals surface area contributed by atoms with Crippen LogP contribution in [0.3, 0.4) is 0 Å². The van der Waals surface area contributed by atoms with Crippen molar-refractivity contribution in [3.05, 3.63) is 90.7 Å². The summed E-state index contributed by atoms with van der Waals surface area (Å²) in [5.41, 5.74) is 4.94. The zero-order chi connectivity index (χ0) is 31.1. The minimum absolute atomic E-state index is 0.0303. The second kappa shape index (κ2) is 12.0. The van der Waals surface area contributed by atoms with Gasteiger partial charge >= 0.3 is 0 Å². The monoisotopic (exact) mass is 650 g/mol. The molecular weight excluding hydrogens is 612 g/mol. The van der Waals surface area contributed by atoms with Gasteiger partial charge in [-0.05, 0) is 81.4 Å². The molecule has 2 aromatic carbocycles. The lowest BCUT2D eigenvalue weighted by Crippen LogP contribution is -2.44. The topological polar surface area (TPSA) is 99.0 Å². The molecule has 3 aliphatic rings. The highest BCUT2D eigenvalue weighted by atomic mass is 79.9. The number of halogens is 1. The number of hydrogen-bond donors (Lipinski definition) is 0. The van der Waals surface area contributed by atoms with Crippen molar-refractivity contribution in [1.29, 1.82) is 0 Å². The van der Waals surface area contributed by atoms with Crippen molar-refractivity contribution >= 4 is 33.2 Å². The predicted octanol–water partition coefficient (Wildman–Crippen LogP) is 7.66. The maximum Gasteiger partial charge on any atom is 0.269 e. The highest BCUT2D eigenvalue weighted by Crippen LogP contribution is 2.54. The van der Waals surface area contributed by atoms with Crippen LogP contribution < -0.4 is 4.74 Å². The van der Waals surface area contributed by atoms with Crippen molar-refractivity contribution in [3.8, 4) is 5.75 Å². The first kappa shape index (κ1) is 31.1. The third kappa shape index (κ3) is 6.48. The standard InChI is InChI=1S/C34H39BrN2O6/c1-33(2)16-25-31(27(38)18-33)30(32-26(36(25)13-6-14-42-5)17-34(3,4)19-28(32)39)22-9-12-29(24(35)15-22)43-20-21-7-10-23(11-8-21)37(40)41/h7-12,15,30H,6,13-14,16-20H2,1-5H3. The summed E-state index contributed by atoms with van der Waals surface area (Å²) in [4.78, 5) is 40.8. The summed E-state index contributed by atoms with van der Waals surface area (Å²) in [6, 6.07) is 12.1. The molecule has 0 saturated carbocycles. The van der Waals surface area contributed by atoms with Crippen LogP contribution in [0.25, 0.3) is 0 Å². The van der Waals surface area contributed by atoms with E-state index in [0.29, 0.717) is 36.2 Å². The Balaban J connectivity index is 1.54. The van der Waals surface area contributed by atoms with E-state index < -0.39 is 10.8 Å². The minimum atomic E-state index is -0.434. The Morgan fingerprint density at radius 2 is 1.51 bits per heavy atom. The van der Waals surface area contributed by atoms with Crippen LogP contribution in [-0.4, -0.2) is 41.7 Å². The molecule has 2 aliphatic carbocycles. The first-order valence-electron chi connectivity index (χ1n) is 14.7. The average molecular weight is 652 g/mol. The third-order valence-electron chi connectivity index (χ3n) is 8.58. The van der Waals surface area contributed by atoms with Crippen LogP contribution in [0, 0.1) is 20.9 Å². The van der Waals surface area contributed by atoms with Crippen molar-refractivity contribution in [2.45, 2.75) is 72.3 Å². The van der Waals surface area contributed by atoms with E-state index in [9.17, 15) is 19.7 Å². The highest BCUT2D eigenvalue weighted by Gasteiger charge is 2.48. The summed E-state index contributed by atoms with van der Waals surface area (Å²) in [7, 11) is 1.69. The molecule has 0 amide bonds. The molecule has 0 N–H and O–H groups in total. The van der Waals surface area contributed by atoms with Gasteiger partial charge in [0.15, 0.2) is 11.6 Å². The van der Waals surface area contributed by atoms with Crippen LogP contribution in [-0.2, 0) is 20.9 Å². The summed E-state index contributed by atoms with van der Waals surface area (Å²) in [6.45, 7) is 10.1. The maximum absolute atomic E-state index is 14.0. The summed E-state index contributed by atoms with van der Waals surface area (Å²) in [6.07, 6.45) is 3.20. The molecular formula is C34H39BrN2O6. The molecule has 43 heavy (non-hydrogen) atoms. The van der Waals surface area contributed by atoms with Gasteiger partial charge in [-0.15, -0.1) is 0 Å². The average Bonchev–Trinajstić information content (AvgIpc) is 2.91. The maximum atomic E-state index is 14.0. The molecule has 2 aromatic rings. The molecule has 0 fully saturated rings. The number of nitro benzene ring substituents is 1. The SMILES string of the molecule is COCCCN1C2=C(C(=O)CC(C)(C)C2)C(c2ccc(OCc3ccc([N+](=O)[O-])cc3)c(Br)c2)C2=C1CC(C)(C)CC2=O. The first-order chi connectivity index (χ1) is 20.3. The largest absolute Gasteiger partial charge is 0.488 e. The van der Waals surface area contributed by atoms with Gasteiger partial charge < -0.3 is 14.4 Å². The molecule has 0 atom stereocenters. The molecule has 9 heteroatoms. The Morgan fingerprint density at radius 3 is 2.02 bits per heavy atom. The van der Waals surface area contributed by atoms with Crippen molar-refractivity contribution in [2.75, 3.05) is 20.3 Å². The van der Waals surface area contributed by atoms with Crippen LogP contribution in [0.4, 0.5) is 5.69 Å². The molecule has 0 bridgehead atoms. The lowest BCUT2D eigenvalue weighted by molar-refractivity contribution is -0.384. The minimum Gasteiger partial charge on any atom is -0.488 e. The number of carbonyl (C=O) groups is 2. The molecule has 0 spiro atoms. The fourth-order valence-electron chi connectivity index (χ4n) is 6.71. The number of ether oxygens (including phenoxy) is 2. The number of allylic oxidation sites excluding steroid dienone is 4. The van der Waals surface area contributed by atoms with Crippen LogP contribution >= 0.6 is 15.9 Å². The number of hydrogen-bond acceptors (Lipinski definition) is 7. The zero-order valence-corrected chi connectivity index (χ0v) is 27.1. The Kier molecular flexibility index (Phi) is 8.69. The van der Waals surface area contributed by atoms with E-state index in [2.05, 4.69) is 48.5 Å². The molecule has 5 rings (SSSR count). The van der Waals surface area contributed by atoms with Gasteiger partial charge in [0.1, 0.15) is 12.4 Å². The molecule has 8 nitrogen and oxygen atoms in total. The molecule has 1 heterocycles. The number of nitrogens with zero attached hydrogens (tertiary/aromatic N) is 2. The van der Waals surface area contributed by atoms with E-state index in [0.717, 1.165) is 52.9 Å². The molecule has 0 aromatic heterocycles. The van der Waals surface area contributed by atoms with Gasteiger partial charge in [-0.1, -0.05) is 33.8 Å². The lowest BCUT2D eigenvalue weighted by Gasteiger charge is -2.49. The number of Topliss-reactive ketones (excluding diaryl/α,β-unsaturated/α-hetero) is 2. The third-order valence-corrected chi connectivity index (χ3v) is 9.20. The predicted molar refractivity (Wildman–Crippen MR) is 168 cm³/mol. The fraction of sp³-hybridized carbons (Fsp3) is 0.471. The summed E-state index contributed by atoms with van der Waals surface area (Å²) < 4.78 is 12.1. The summed E-state index contributed by atoms with van der Waals surface area (Å²) in [5, 5.41) is 11.0. The van der Waals surface area contributed by atoms with E-state index in [-0.39, 0.29) is 34.7 Å². The molecule has 0 saturated heterocycles. The Labute approximate surface area is 261 Å². The van der Waals surface area contributed by atoms with E-state index in [1.165, 1.54) is 12.1 Å². The number of non-ortho nitro benzene ring substituents is 1. The number of methoxy groups -OCH3 is 1. The van der Waals surface area contributed by atoms with Gasteiger partial charge in [0, 0.05) is 73.7 Å². The van der Waals surface area contributed by atoms with E-state index in [1.54, 1.807) is 19.2 Å². The number of carbonyl (C=O) groups excluding carboxylic acids is 2. The summed E-state index contributed by atoms with van der Waals surface area (Å²) in [5.74, 6) is 0.379. The Bertz CT molecular complexity index is 1470. The second-order valence-electron chi connectivity index (χ2n) is 13.4. The smallest absolute Gasteiger partial charge is 0.269 e. The first-order valence-corrected chi connectivity index (χ1v) is 15.5.